The molecule has 4 rings (SSSR count). The Labute approximate surface area is 215 Å². The molecule has 36 heavy (non-hydrogen) atoms. The zero-order valence-electron chi connectivity index (χ0n) is 21.5. The van der Waals surface area contributed by atoms with Crippen molar-refractivity contribution in [1.82, 2.24) is 0 Å². The van der Waals surface area contributed by atoms with E-state index < -0.39 is 5.60 Å². The summed E-state index contributed by atoms with van der Waals surface area (Å²) in [6.45, 7) is 2.16. The molecule has 0 aliphatic carbocycles. The molecule has 1 aliphatic heterocycles. The van der Waals surface area contributed by atoms with E-state index in [1.54, 1.807) is 14.2 Å². The molecular formula is C31H38O5. The third-order valence-electron chi connectivity index (χ3n) is 6.72. The highest BCUT2D eigenvalue weighted by Gasteiger charge is 2.37. The van der Waals surface area contributed by atoms with Crippen LogP contribution in [0.25, 0.3) is 0 Å². The summed E-state index contributed by atoms with van der Waals surface area (Å²) in [7, 11) is 3.37. The van der Waals surface area contributed by atoms with E-state index >= 15 is 0 Å². The van der Waals surface area contributed by atoms with Crippen molar-refractivity contribution in [3.8, 4) is 11.5 Å². The molecule has 0 saturated carbocycles. The van der Waals surface area contributed by atoms with Crippen LogP contribution in [0.1, 0.15) is 55.2 Å². The quantitative estimate of drug-likeness (QED) is 0.196. The van der Waals surface area contributed by atoms with Gasteiger partial charge >= 0.3 is 0 Å². The van der Waals surface area contributed by atoms with Crippen molar-refractivity contribution in [1.29, 1.82) is 0 Å². The van der Waals surface area contributed by atoms with Crippen molar-refractivity contribution in [2.45, 2.75) is 50.4 Å². The summed E-state index contributed by atoms with van der Waals surface area (Å²) in [5.41, 5.74) is 2.43. The fourth-order valence-electron chi connectivity index (χ4n) is 4.74. The second-order valence-corrected chi connectivity index (χ2v) is 9.08. The molecule has 0 radical (unpaired) electrons. The fourth-order valence-corrected chi connectivity index (χ4v) is 4.74. The van der Waals surface area contributed by atoms with E-state index in [0.717, 1.165) is 73.5 Å². The Morgan fingerprint density at radius 2 is 1.28 bits per heavy atom. The number of unbranched alkanes of at least 4 members (excludes halogenated alkanes) is 2. The first kappa shape index (κ1) is 26.2. The lowest BCUT2D eigenvalue weighted by Gasteiger charge is -2.36. The summed E-state index contributed by atoms with van der Waals surface area (Å²) in [6.07, 6.45) is 6.28. The van der Waals surface area contributed by atoms with Gasteiger partial charge in [0.25, 0.3) is 0 Å². The van der Waals surface area contributed by atoms with Gasteiger partial charge in [0.05, 0.1) is 14.2 Å². The highest BCUT2D eigenvalue weighted by molar-refractivity contribution is 5.49. The Balaban J connectivity index is 1.52. The Hall–Kier alpha value is -2.86. The molecule has 3 aromatic carbocycles. The van der Waals surface area contributed by atoms with Gasteiger partial charge in [-0.05, 0) is 79.5 Å². The van der Waals surface area contributed by atoms with Crippen LogP contribution in [0.2, 0.25) is 0 Å². The van der Waals surface area contributed by atoms with E-state index in [-0.39, 0.29) is 6.29 Å². The molecule has 5 heteroatoms. The number of methoxy groups -OCH3 is 2. The largest absolute Gasteiger partial charge is 0.497 e. The second-order valence-electron chi connectivity index (χ2n) is 9.08. The van der Waals surface area contributed by atoms with Gasteiger partial charge in [-0.2, -0.15) is 0 Å². The normalized spacial score (nSPS) is 16.0. The SMILES string of the molecule is COc1ccc(C(OCCCCCOC2CCCCO2)(c2ccccc2)c2ccc(OC)cc2)cc1. The first-order valence-electron chi connectivity index (χ1n) is 13.0. The van der Waals surface area contributed by atoms with Crippen molar-refractivity contribution < 1.29 is 23.7 Å². The van der Waals surface area contributed by atoms with Crippen LogP contribution in [0.4, 0.5) is 0 Å². The zero-order chi connectivity index (χ0) is 25.1. The van der Waals surface area contributed by atoms with Crippen LogP contribution >= 0.6 is 0 Å². The molecule has 1 atom stereocenters. The lowest BCUT2D eigenvalue weighted by atomic mass is 9.80. The summed E-state index contributed by atoms with van der Waals surface area (Å²) in [6, 6.07) is 26.7. The van der Waals surface area contributed by atoms with Crippen molar-refractivity contribution in [2.75, 3.05) is 34.0 Å². The summed E-state index contributed by atoms with van der Waals surface area (Å²) in [5.74, 6) is 1.63. The Kier molecular flexibility index (Phi) is 9.79. The maximum Gasteiger partial charge on any atom is 0.157 e. The van der Waals surface area contributed by atoms with Crippen LogP contribution in [0.3, 0.4) is 0 Å². The molecule has 1 fully saturated rings. The molecule has 0 amide bonds. The lowest BCUT2D eigenvalue weighted by Crippen LogP contribution is -2.33. The Bertz CT molecular complexity index is 964. The van der Waals surface area contributed by atoms with Gasteiger partial charge in [-0.15, -0.1) is 0 Å². The van der Waals surface area contributed by atoms with Crippen LogP contribution in [0, 0.1) is 0 Å². The molecule has 0 N–H and O–H groups in total. The van der Waals surface area contributed by atoms with Crippen molar-refractivity contribution in [3.05, 3.63) is 95.6 Å². The molecule has 0 bridgehead atoms. The van der Waals surface area contributed by atoms with Gasteiger partial charge in [0, 0.05) is 19.8 Å². The number of rotatable bonds is 13. The van der Waals surface area contributed by atoms with Gasteiger partial charge < -0.3 is 23.7 Å². The third kappa shape index (κ3) is 6.47. The molecule has 1 saturated heterocycles. The Morgan fingerprint density at radius 1 is 0.694 bits per heavy atom. The van der Waals surface area contributed by atoms with Gasteiger partial charge in [-0.25, -0.2) is 0 Å². The van der Waals surface area contributed by atoms with Crippen LogP contribution in [0.15, 0.2) is 78.9 Å². The summed E-state index contributed by atoms with van der Waals surface area (Å²) < 4.78 is 29.3. The van der Waals surface area contributed by atoms with Gasteiger partial charge in [0.15, 0.2) is 6.29 Å². The van der Waals surface area contributed by atoms with Crippen molar-refractivity contribution in [2.24, 2.45) is 0 Å². The standard InChI is InChI=1S/C31H38O5/c1-32-28-18-14-26(15-19-28)31(25-11-5-3-6-12-25,27-16-20-29(33-2)21-17-27)36-24-9-4-8-22-34-30-13-7-10-23-35-30/h3,5-6,11-12,14-21,30H,4,7-10,13,22-24H2,1-2H3. The summed E-state index contributed by atoms with van der Waals surface area (Å²) >= 11 is 0. The molecule has 3 aromatic rings. The van der Waals surface area contributed by atoms with Crippen LogP contribution in [0.5, 0.6) is 11.5 Å². The van der Waals surface area contributed by atoms with Crippen LogP contribution < -0.4 is 9.47 Å². The Morgan fingerprint density at radius 3 is 1.83 bits per heavy atom. The smallest absolute Gasteiger partial charge is 0.157 e. The third-order valence-corrected chi connectivity index (χ3v) is 6.72. The topological polar surface area (TPSA) is 46.2 Å². The molecular weight excluding hydrogens is 452 g/mol. The fraction of sp³-hybridized carbons (Fsp3) is 0.419. The van der Waals surface area contributed by atoms with Crippen LogP contribution in [-0.2, 0) is 19.8 Å². The molecule has 5 nitrogen and oxygen atoms in total. The minimum absolute atomic E-state index is 0.0223. The van der Waals surface area contributed by atoms with E-state index in [4.69, 9.17) is 23.7 Å². The van der Waals surface area contributed by atoms with E-state index in [0.29, 0.717) is 6.61 Å². The number of ether oxygens (including phenoxy) is 5. The second kappa shape index (κ2) is 13.4. The maximum atomic E-state index is 6.88. The zero-order valence-corrected chi connectivity index (χ0v) is 21.5. The number of benzene rings is 3. The molecule has 0 aromatic heterocycles. The lowest BCUT2D eigenvalue weighted by molar-refractivity contribution is -0.162. The van der Waals surface area contributed by atoms with Gasteiger partial charge in [-0.3, -0.25) is 0 Å². The number of hydrogen-bond donors (Lipinski definition) is 0. The summed E-state index contributed by atoms with van der Waals surface area (Å²) in [5, 5.41) is 0. The highest BCUT2D eigenvalue weighted by atomic mass is 16.7. The molecule has 1 aliphatic rings. The maximum absolute atomic E-state index is 6.88. The summed E-state index contributed by atoms with van der Waals surface area (Å²) in [4.78, 5) is 0. The predicted molar refractivity (Wildman–Crippen MR) is 142 cm³/mol. The molecule has 192 valence electrons. The minimum atomic E-state index is -0.758. The van der Waals surface area contributed by atoms with E-state index in [9.17, 15) is 0 Å². The average molecular weight is 491 g/mol. The molecule has 1 heterocycles. The van der Waals surface area contributed by atoms with Crippen molar-refractivity contribution in [3.63, 3.8) is 0 Å². The minimum Gasteiger partial charge on any atom is -0.497 e. The monoisotopic (exact) mass is 490 g/mol. The van der Waals surface area contributed by atoms with Gasteiger partial charge in [0.2, 0.25) is 0 Å². The van der Waals surface area contributed by atoms with Gasteiger partial charge in [0.1, 0.15) is 17.1 Å². The average Bonchev–Trinajstić information content (AvgIpc) is 2.96. The van der Waals surface area contributed by atoms with Crippen LogP contribution in [-0.4, -0.2) is 40.3 Å². The number of hydrogen-bond acceptors (Lipinski definition) is 5. The van der Waals surface area contributed by atoms with Gasteiger partial charge in [-0.1, -0.05) is 54.6 Å². The highest BCUT2D eigenvalue weighted by Crippen LogP contribution is 2.41. The van der Waals surface area contributed by atoms with E-state index in [2.05, 4.69) is 48.5 Å². The first-order valence-corrected chi connectivity index (χ1v) is 13.0. The van der Waals surface area contributed by atoms with E-state index in [1.165, 1.54) is 6.42 Å². The van der Waals surface area contributed by atoms with Crippen molar-refractivity contribution >= 4 is 0 Å². The van der Waals surface area contributed by atoms with E-state index in [1.807, 2.05) is 30.3 Å². The molecule has 0 spiro atoms. The first-order chi connectivity index (χ1) is 17.8. The molecule has 1 unspecified atom stereocenters. The predicted octanol–water partition coefficient (Wildman–Crippen LogP) is 6.73.